The second-order valence-electron chi connectivity index (χ2n) is 5.09. The molecule has 2 aliphatic rings. The standard InChI is InChI=1S/C13H22O4/c14-13(15)12(10-6-2-1-3-7-10)17-11-8-4-5-9-16-11/h10-12H,1-9H2,(H,14,15). The minimum Gasteiger partial charge on any atom is -0.479 e. The minimum absolute atomic E-state index is 0.173. The van der Waals surface area contributed by atoms with Crippen molar-refractivity contribution in [3.05, 3.63) is 0 Å². The lowest BCUT2D eigenvalue weighted by molar-refractivity contribution is -0.210. The van der Waals surface area contributed by atoms with Gasteiger partial charge in [-0.1, -0.05) is 19.3 Å². The van der Waals surface area contributed by atoms with Gasteiger partial charge in [-0.25, -0.2) is 4.79 Å². The number of ether oxygens (including phenoxy) is 2. The summed E-state index contributed by atoms with van der Waals surface area (Å²) in [5.41, 5.74) is 0. The van der Waals surface area contributed by atoms with Gasteiger partial charge in [0.1, 0.15) is 0 Å². The van der Waals surface area contributed by atoms with Gasteiger partial charge < -0.3 is 14.6 Å². The van der Waals surface area contributed by atoms with Gasteiger partial charge in [-0.05, 0) is 38.0 Å². The summed E-state index contributed by atoms with van der Waals surface area (Å²) in [7, 11) is 0. The van der Waals surface area contributed by atoms with Crippen LogP contribution >= 0.6 is 0 Å². The van der Waals surface area contributed by atoms with Crippen molar-refractivity contribution >= 4 is 5.97 Å². The van der Waals surface area contributed by atoms with Gasteiger partial charge in [-0.2, -0.15) is 0 Å². The Hall–Kier alpha value is -0.610. The number of rotatable bonds is 4. The highest BCUT2D eigenvalue weighted by Crippen LogP contribution is 2.30. The molecule has 0 bridgehead atoms. The van der Waals surface area contributed by atoms with Gasteiger partial charge in [0.15, 0.2) is 12.4 Å². The molecule has 1 saturated heterocycles. The van der Waals surface area contributed by atoms with E-state index >= 15 is 0 Å². The number of hydrogen-bond donors (Lipinski definition) is 1. The van der Waals surface area contributed by atoms with Crippen molar-refractivity contribution < 1.29 is 19.4 Å². The Labute approximate surface area is 102 Å². The van der Waals surface area contributed by atoms with Crippen LogP contribution in [0.15, 0.2) is 0 Å². The van der Waals surface area contributed by atoms with Crippen LogP contribution < -0.4 is 0 Å². The molecule has 2 rings (SSSR count). The smallest absolute Gasteiger partial charge is 0.333 e. The molecule has 1 aliphatic heterocycles. The van der Waals surface area contributed by atoms with E-state index in [1.54, 1.807) is 0 Å². The fourth-order valence-electron chi connectivity index (χ4n) is 2.79. The van der Waals surface area contributed by atoms with E-state index in [1.807, 2.05) is 0 Å². The van der Waals surface area contributed by atoms with E-state index in [0.29, 0.717) is 6.61 Å². The molecule has 1 saturated carbocycles. The molecule has 4 heteroatoms. The highest BCUT2D eigenvalue weighted by atomic mass is 16.7. The van der Waals surface area contributed by atoms with Crippen LogP contribution in [0.2, 0.25) is 0 Å². The van der Waals surface area contributed by atoms with Gasteiger partial charge in [0.05, 0.1) is 0 Å². The lowest BCUT2D eigenvalue weighted by Gasteiger charge is -2.31. The van der Waals surface area contributed by atoms with Crippen molar-refractivity contribution in [1.82, 2.24) is 0 Å². The molecule has 0 aromatic carbocycles. The number of carboxylic acids is 1. The Kier molecular flexibility index (Phi) is 4.80. The third-order valence-corrected chi connectivity index (χ3v) is 3.76. The first-order chi connectivity index (χ1) is 8.27. The fraction of sp³-hybridized carbons (Fsp3) is 0.923. The molecule has 0 radical (unpaired) electrons. The van der Waals surface area contributed by atoms with Crippen molar-refractivity contribution in [2.75, 3.05) is 6.61 Å². The fourth-order valence-corrected chi connectivity index (χ4v) is 2.79. The summed E-state index contributed by atoms with van der Waals surface area (Å²) in [6, 6.07) is 0. The van der Waals surface area contributed by atoms with E-state index < -0.39 is 12.1 Å². The van der Waals surface area contributed by atoms with Crippen LogP contribution in [0.4, 0.5) is 0 Å². The molecule has 0 aromatic rings. The third kappa shape index (κ3) is 3.68. The topological polar surface area (TPSA) is 55.8 Å². The van der Waals surface area contributed by atoms with Gasteiger partial charge in [0.25, 0.3) is 0 Å². The maximum atomic E-state index is 11.3. The van der Waals surface area contributed by atoms with E-state index in [2.05, 4.69) is 0 Å². The minimum atomic E-state index is -0.828. The van der Waals surface area contributed by atoms with E-state index in [0.717, 1.165) is 44.9 Å². The summed E-state index contributed by atoms with van der Waals surface area (Å²) >= 11 is 0. The Bertz CT molecular complexity index is 242. The van der Waals surface area contributed by atoms with Crippen molar-refractivity contribution in [3.63, 3.8) is 0 Å². The molecule has 0 aromatic heterocycles. The average Bonchev–Trinajstić information content (AvgIpc) is 2.38. The van der Waals surface area contributed by atoms with Crippen molar-refractivity contribution in [2.24, 2.45) is 5.92 Å². The van der Waals surface area contributed by atoms with Crippen molar-refractivity contribution in [2.45, 2.75) is 63.8 Å². The summed E-state index contributed by atoms with van der Waals surface area (Å²) in [4.78, 5) is 11.3. The van der Waals surface area contributed by atoms with E-state index in [4.69, 9.17) is 9.47 Å². The van der Waals surface area contributed by atoms with Crippen LogP contribution in [0, 0.1) is 5.92 Å². The number of carbonyl (C=O) groups is 1. The molecule has 1 N–H and O–H groups in total. The predicted octanol–water partition coefficient (Wildman–Crippen LogP) is 2.56. The molecular weight excluding hydrogens is 220 g/mol. The Morgan fingerprint density at radius 3 is 2.41 bits per heavy atom. The zero-order chi connectivity index (χ0) is 12.1. The highest BCUT2D eigenvalue weighted by Gasteiger charge is 2.33. The lowest BCUT2D eigenvalue weighted by Crippen LogP contribution is -2.38. The largest absolute Gasteiger partial charge is 0.479 e. The number of carboxylic acid groups (broad SMARTS) is 1. The summed E-state index contributed by atoms with van der Waals surface area (Å²) in [5.74, 6) is -0.655. The molecule has 0 spiro atoms. The summed E-state index contributed by atoms with van der Waals surface area (Å²) < 4.78 is 11.1. The zero-order valence-electron chi connectivity index (χ0n) is 10.3. The Morgan fingerprint density at radius 1 is 1.12 bits per heavy atom. The summed E-state index contributed by atoms with van der Waals surface area (Å²) in [5, 5.41) is 9.28. The van der Waals surface area contributed by atoms with Crippen LogP contribution in [0.5, 0.6) is 0 Å². The lowest BCUT2D eigenvalue weighted by atomic mass is 9.85. The molecule has 1 heterocycles. The average molecular weight is 242 g/mol. The second-order valence-corrected chi connectivity index (χ2v) is 5.09. The predicted molar refractivity (Wildman–Crippen MR) is 62.7 cm³/mol. The molecule has 0 amide bonds. The van der Waals surface area contributed by atoms with Crippen molar-refractivity contribution in [3.8, 4) is 0 Å². The molecular formula is C13H22O4. The van der Waals surface area contributed by atoms with Crippen LogP contribution in [0.25, 0.3) is 0 Å². The molecule has 4 nitrogen and oxygen atoms in total. The van der Waals surface area contributed by atoms with Gasteiger partial charge in [-0.15, -0.1) is 0 Å². The van der Waals surface area contributed by atoms with E-state index in [1.165, 1.54) is 6.42 Å². The molecule has 1 aliphatic carbocycles. The quantitative estimate of drug-likeness (QED) is 0.823. The number of hydrogen-bond acceptors (Lipinski definition) is 3. The Balaban J connectivity index is 1.88. The first-order valence-electron chi connectivity index (χ1n) is 6.77. The molecule has 17 heavy (non-hydrogen) atoms. The van der Waals surface area contributed by atoms with Crippen LogP contribution in [-0.4, -0.2) is 30.1 Å². The number of aliphatic carboxylic acids is 1. The zero-order valence-corrected chi connectivity index (χ0v) is 10.3. The van der Waals surface area contributed by atoms with Crippen LogP contribution in [-0.2, 0) is 14.3 Å². The Morgan fingerprint density at radius 2 is 1.82 bits per heavy atom. The molecule has 98 valence electrons. The first-order valence-corrected chi connectivity index (χ1v) is 6.77. The van der Waals surface area contributed by atoms with Crippen LogP contribution in [0.1, 0.15) is 51.4 Å². The van der Waals surface area contributed by atoms with E-state index in [9.17, 15) is 9.90 Å². The maximum absolute atomic E-state index is 11.3. The van der Waals surface area contributed by atoms with Crippen LogP contribution in [0.3, 0.4) is 0 Å². The maximum Gasteiger partial charge on any atom is 0.333 e. The monoisotopic (exact) mass is 242 g/mol. The van der Waals surface area contributed by atoms with Gasteiger partial charge in [0.2, 0.25) is 0 Å². The van der Waals surface area contributed by atoms with Crippen molar-refractivity contribution in [1.29, 1.82) is 0 Å². The summed E-state index contributed by atoms with van der Waals surface area (Å²) in [6.45, 7) is 0.696. The molecule has 2 unspecified atom stereocenters. The highest BCUT2D eigenvalue weighted by molar-refractivity contribution is 5.72. The van der Waals surface area contributed by atoms with E-state index in [-0.39, 0.29) is 12.2 Å². The second kappa shape index (κ2) is 6.36. The first kappa shape index (κ1) is 12.8. The van der Waals surface area contributed by atoms with Gasteiger partial charge in [-0.3, -0.25) is 0 Å². The summed E-state index contributed by atoms with van der Waals surface area (Å²) in [6.07, 6.45) is 7.42. The third-order valence-electron chi connectivity index (χ3n) is 3.76. The molecule has 2 atom stereocenters. The van der Waals surface area contributed by atoms with Gasteiger partial charge in [0, 0.05) is 6.61 Å². The van der Waals surface area contributed by atoms with Gasteiger partial charge >= 0.3 is 5.97 Å². The SMILES string of the molecule is O=C(O)C(OC1CCCCO1)C1CCCCC1. The molecule has 2 fully saturated rings. The normalized spacial score (nSPS) is 28.8.